The van der Waals surface area contributed by atoms with Crippen molar-refractivity contribution in [2.24, 2.45) is 11.8 Å². The van der Waals surface area contributed by atoms with Gasteiger partial charge in [-0.3, -0.25) is 18.9 Å². The third kappa shape index (κ3) is 5.77. The van der Waals surface area contributed by atoms with Crippen molar-refractivity contribution in [3.05, 3.63) is 70.7 Å². The molecule has 1 N–H and O–H groups in total. The maximum absolute atomic E-state index is 14.0. The number of aromatic nitrogens is 7. The summed E-state index contributed by atoms with van der Waals surface area (Å²) in [5, 5.41) is 14.3. The van der Waals surface area contributed by atoms with Crippen molar-refractivity contribution in [3.63, 3.8) is 0 Å². The Labute approximate surface area is 228 Å². The number of benzene rings is 1. The van der Waals surface area contributed by atoms with Gasteiger partial charge in [-0.05, 0) is 73.1 Å². The minimum Gasteiger partial charge on any atom is -0.300 e. The molecule has 0 spiro atoms. The third-order valence-electron chi connectivity index (χ3n) is 8.07. The number of hydrogen-bond donors (Lipinski definition) is 1. The molecule has 0 bridgehead atoms. The van der Waals surface area contributed by atoms with Gasteiger partial charge in [-0.25, -0.2) is 4.79 Å². The molecule has 4 aromatic rings. The van der Waals surface area contributed by atoms with E-state index in [4.69, 9.17) is 0 Å². The number of tetrazole rings is 1. The van der Waals surface area contributed by atoms with Gasteiger partial charge >= 0.3 is 5.69 Å². The van der Waals surface area contributed by atoms with Crippen molar-refractivity contribution >= 4 is 5.78 Å². The van der Waals surface area contributed by atoms with Gasteiger partial charge in [-0.15, -0.1) is 10.2 Å². The first-order chi connectivity index (χ1) is 19.0. The lowest BCUT2D eigenvalue weighted by Crippen LogP contribution is -2.36. The Morgan fingerprint density at radius 1 is 1.10 bits per heavy atom. The molecule has 9 nitrogen and oxygen atoms in total. The predicted molar refractivity (Wildman–Crippen MR) is 150 cm³/mol. The highest BCUT2D eigenvalue weighted by Gasteiger charge is 2.35. The second kappa shape index (κ2) is 11.9. The highest BCUT2D eigenvalue weighted by molar-refractivity contribution is 5.79. The largest absolute Gasteiger partial charge is 0.328 e. The number of Topliss-reactive ketones (excluding diaryl/α,β-unsaturated/α-hetero) is 1. The van der Waals surface area contributed by atoms with Crippen LogP contribution < -0.4 is 5.69 Å². The van der Waals surface area contributed by atoms with Gasteiger partial charge < -0.3 is 0 Å². The molecule has 1 aliphatic carbocycles. The number of aromatic amines is 1. The molecule has 0 aliphatic heterocycles. The van der Waals surface area contributed by atoms with Crippen LogP contribution >= 0.6 is 0 Å². The first-order valence-corrected chi connectivity index (χ1v) is 14.1. The summed E-state index contributed by atoms with van der Waals surface area (Å²) in [7, 11) is 0. The number of hydrogen-bond acceptors (Lipinski definition) is 6. The van der Waals surface area contributed by atoms with Crippen molar-refractivity contribution in [1.29, 1.82) is 0 Å². The summed E-state index contributed by atoms with van der Waals surface area (Å²) in [6.07, 6.45) is 10.7. The number of carbonyl (C=O) groups is 1. The van der Waals surface area contributed by atoms with E-state index in [0.29, 0.717) is 12.4 Å². The smallest absolute Gasteiger partial charge is 0.300 e. The molecule has 5 rings (SSSR count). The van der Waals surface area contributed by atoms with Crippen LogP contribution in [-0.2, 0) is 17.8 Å². The molecule has 1 fully saturated rings. The lowest BCUT2D eigenvalue weighted by atomic mass is 9.85. The average Bonchev–Trinajstić information content (AvgIpc) is 3.53. The Balaban J connectivity index is 1.50. The van der Waals surface area contributed by atoms with E-state index in [2.05, 4.69) is 39.5 Å². The van der Waals surface area contributed by atoms with Crippen LogP contribution in [0.25, 0.3) is 22.5 Å². The van der Waals surface area contributed by atoms with Crippen LogP contribution in [0.3, 0.4) is 0 Å². The van der Waals surface area contributed by atoms with E-state index in [1.54, 1.807) is 13.1 Å². The first-order valence-electron chi connectivity index (χ1n) is 14.1. The summed E-state index contributed by atoms with van der Waals surface area (Å²) in [6, 6.07) is 11.9. The maximum Gasteiger partial charge on any atom is 0.328 e. The van der Waals surface area contributed by atoms with Gasteiger partial charge in [0.25, 0.3) is 0 Å². The van der Waals surface area contributed by atoms with E-state index in [1.807, 2.05) is 51.7 Å². The van der Waals surface area contributed by atoms with E-state index in [-0.39, 0.29) is 29.4 Å². The maximum atomic E-state index is 14.0. The second-order valence-electron chi connectivity index (χ2n) is 10.8. The summed E-state index contributed by atoms with van der Waals surface area (Å²) >= 11 is 0. The Morgan fingerprint density at radius 2 is 1.90 bits per heavy atom. The zero-order valence-corrected chi connectivity index (χ0v) is 23.0. The quantitative estimate of drug-likeness (QED) is 0.298. The van der Waals surface area contributed by atoms with Crippen molar-refractivity contribution in [3.8, 4) is 22.5 Å². The molecular weight excluding hydrogens is 490 g/mol. The van der Waals surface area contributed by atoms with Crippen LogP contribution in [0.15, 0.2) is 53.6 Å². The molecule has 39 heavy (non-hydrogen) atoms. The number of imidazole rings is 1. The lowest BCUT2D eigenvalue weighted by molar-refractivity contribution is -0.122. The van der Waals surface area contributed by atoms with Crippen molar-refractivity contribution in [1.82, 2.24) is 34.7 Å². The van der Waals surface area contributed by atoms with Crippen LogP contribution in [0.4, 0.5) is 0 Å². The Morgan fingerprint density at radius 3 is 2.67 bits per heavy atom. The standard InChI is InChI=1S/C30H37N7O2/c1-4-5-12-26-19-37(28-20(2)9-6-7-13-27(28)21(3)38)30(39)36(26)18-25-17-23(14-15-31-25)22-10-8-11-24(16-22)29-32-34-35-33-29/h8,10-11,14-17,19-20,27-28H,4-7,9,12-13,18H2,1-3H3,(H,32,33,34,35). The van der Waals surface area contributed by atoms with Gasteiger partial charge in [-0.1, -0.05) is 51.3 Å². The van der Waals surface area contributed by atoms with E-state index in [1.165, 1.54) is 0 Å². The highest BCUT2D eigenvalue weighted by atomic mass is 16.2. The van der Waals surface area contributed by atoms with Crippen LogP contribution in [-0.4, -0.2) is 40.5 Å². The van der Waals surface area contributed by atoms with Crippen LogP contribution in [0.2, 0.25) is 0 Å². The zero-order valence-electron chi connectivity index (χ0n) is 23.0. The van der Waals surface area contributed by atoms with Crippen LogP contribution in [0, 0.1) is 11.8 Å². The fourth-order valence-corrected chi connectivity index (χ4v) is 6.00. The normalized spacial score (nSPS) is 19.6. The van der Waals surface area contributed by atoms with Crippen molar-refractivity contribution in [2.75, 3.05) is 0 Å². The number of nitrogens with one attached hydrogen (secondary N) is 1. The third-order valence-corrected chi connectivity index (χ3v) is 8.07. The van der Waals surface area contributed by atoms with Gasteiger partial charge in [0.15, 0.2) is 0 Å². The fourth-order valence-electron chi connectivity index (χ4n) is 6.00. The molecule has 1 aromatic carbocycles. The first kappa shape index (κ1) is 26.7. The number of ketones is 1. The summed E-state index contributed by atoms with van der Waals surface area (Å²) in [6.45, 7) is 6.41. The number of rotatable bonds is 9. The molecule has 3 heterocycles. The van der Waals surface area contributed by atoms with Gasteiger partial charge in [0.2, 0.25) is 5.82 Å². The number of nitrogens with zero attached hydrogens (tertiary/aromatic N) is 6. The van der Waals surface area contributed by atoms with E-state index in [9.17, 15) is 9.59 Å². The molecular formula is C30H37N7O2. The number of carbonyl (C=O) groups excluding carboxylic acids is 1. The van der Waals surface area contributed by atoms with E-state index >= 15 is 0 Å². The van der Waals surface area contributed by atoms with Crippen LogP contribution in [0.1, 0.15) is 76.7 Å². The molecule has 9 heteroatoms. The average molecular weight is 528 g/mol. The summed E-state index contributed by atoms with van der Waals surface area (Å²) in [4.78, 5) is 31.3. The fraction of sp³-hybridized carbons (Fsp3) is 0.467. The van der Waals surface area contributed by atoms with Crippen molar-refractivity contribution in [2.45, 2.75) is 78.3 Å². The molecule has 0 radical (unpaired) electrons. The number of unbranched alkanes of at least 4 members (excludes halogenated alkanes) is 1. The van der Waals surface area contributed by atoms with Gasteiger partial charge in [0, 0.05) is 29.6 Å². The Hall–Kier alpha value is -3.88. The number of H-pyrrole nitrogens is 1. The molecule has 204 valence electrons. The molecule has 1 aliphatic rings. The minimum absolute atomic E-state index is 0.0441. The van der Waals surface area contributed by atoms with E-state index in [0.717, 1.165) is 73.0 Å². The van der Waals surface area contributed by atoms with Gasteiger partial charge in [-0.2, -0.15) is 5.21 Å². The zero-order chi connectivity index (χ0) is 27.4. The summed E-state index contributed by atoms with van der Waals surface area (Å²) in [5.41, 5.74) is 4.65. The number of pyridine rings is 1. The van der Waals surface area contributed by atoms with Gasteiger partial charge in [0.05, 0.1) is 18.3 Å². The van der Waals surface area contributed by atoms with Crippen molar-refractivity contribution < 1.29 is 4.79 Å². The SMILES string of the molecule is CCCCc1cn(C2C(C)CCCCC2C(C)=O)c(=O)n1Cc1cc(-c2cccc(-c3nn[nH]n3)c2)ccn1. The monoisotopic (exact) mass is 527 g/mol. The molecule has 1 saturated carbocycles. The Kier molecular flexibility index (Phi) is 8.14. The number of aryl methyl sites for hydroxylation is 1. The summed E-state index contributed by atoms with van der Waals surface area (Å²) < 4.78 is 3.75. The van der Waals surface area contributed by atoms with E-state index < -0.39 is 0 Å². The second-order valence-corrected chi connectivity index (χ2v) is 10.8. The topological polar surface area (TPSA) is 111 Å². The molecule has 3 atom stereocenters. The molecule has 0 amide bonds. The minimum atomic E-state index is -0.122. The van der Waals surface area contributed by atoms with Gasteiger partial charge in [0.1, 0.15) is 5.78 Å². The summed E-state index contributed by atoms with van der Waals surface area (Å²) in [5.74, 6) is 0.863. The molecule has 0 saturated heterocycles. The van der Waals surface area contributed by atoms with Crippen LogP contribution in [0.5, 0.6) is 0 Å². The molecule has 3 aromatic heterocycles. The lowest BCUT2D eigenvalue weighted by Gasteiger charge is -2.28. The predicted octanol–water partition coefficient (Wildman–Crippen LogP) is 5.24. The highest BCUT2D eigenvalue weighted by Crippen LogP contribution is 2.37. The molecule has 3 unspecified atom stereocenters. The Bertz CT molecular complexity index is 1470.